The molecule has 3 atom stereocenters. The number of unbranched alkanes of at least 4 members (excludes halogenated alkanes) is 45. The van der Waals surface area contributed by atoms with Gasteiger partial charge in [0, 0.05) is 6.42 Å². The Bertz CT molecular complexity index is 1240. The van der Waals surface area contributed by atoms with Crippen molar-refractivity contribution in [1.29, 1.82) is 0 Å². The number of aliphatic hydroxyl groups excluding tert-OH is 1. The van der Waals surface area contributed by atoms with Gasteiger partial charge in [0.05, 0.1) is 39.9 Å². The molecule has 0 fully saturated rings. The minimum atomic E-state index is -4.61. The van der Waals surface area contributed by atoms with Crippen molar-refractivity contribution < 1.29 is 32.9 Å². The zero-order valence-electron chi connectivity index (χ0n) is 49.6. The van der Waals surface area contributed by atoms with Gasteiger partial charge < -0.3 is 28.8 Å². The number of carbonyl (C=O) groups excluding carboxylic acids is 1. The Hall–Kier alpha value is -1.02. The molecule has 0 aromatic carbocycles. The lowest BCUT2D eigenvalue weighted by molar-refractivity contribution is -0.870. The summed E-state index contributed by atoms with van der Waals surface area (Å²) in [6.07, 6.45) is 71.4. The second-order valence-corrected chi connectivity index (χ2v) is 24.9. The van der Waals surface area contributed by atoms with Gasteiger partial charge in [0.25, 0.3) is 7.82 Å². The smallest absolute Gasteiger partial charge is 0.268 e. The van der Waals surface area contributed by atoms with E-state index in [2.05, 4.69) is 31.3 Å². The van der Waals surface area contributed by atoms with Crippen LogP contribution in [-0.4, -0.2) is 68.5 Å². The summed E-state index contributed by atoms with van der Waals surface area (Å²) in [5.74, 6) is -0.199. The van der Waals surface area contributed by atoms with E-state index in [1.807, 2.05) is 27.2 Å². The number of amides is 1. The summed E-state index contributed by atoms with van der Waals surface area (Å²) < 4.78 is 23.4. The molecule has 0 aromatic heterocycles. The molecule has 73 heavy (non-hydrogen) atoms. The predicted octanol–water partition coefficient (Wildman–Crippen LogP) is 19.3. The van der Waals surface area contributed by atoms with Gasteiger partial charge in [-0.05, 0) is 32.1 Å². The van der Waals surface area contributed by atoms with Gasteiger partial charge in [-0.15, -0.1) is 0 Å². The number of quaternary nitrogens is 1. The summed E-state index contributed by atoms with van der Waals surface area (Å²) in [4.78, 5) is 25.6. The summed E-state index contributed by atoms with van der Waals surface area (Å²) in [7, 11) is 1.26. The number of phosphoric ester groups is 1. The van der Waals surface area contributed by atoms with Crippen LogP contribution in [0.2, 0.25) is 0 Å². The van der Waals surface area contributed by atoms with Crippen molar-refractivity contribution in [2.75, 3.05) is 40.9 Å². The lowest BCUT2D eigenvalue weighted by Crippen LogP contribution is -2.45. The number of nitrogens with one attached hydrogen (secondary N) is 1. The fourth-order valence-corrected chi connectivity index (χ4v) is 10.6. The van der Waals surface area contributed by atoms with Crippen molar-refractivity contribution >= 4 is 13.7 Å². The van der Waals surface area contributed by atoms with Gasteiger partial charge in [-0.1, -0.05) is 314 Å². The molecule has 0 heterocycles. The van der Waals surface area contributed by atoms with Crippen LogP contribution in [0.3, 0.4) is 0 Å². The number of allylic oxidation sites excluding steroid dienone is 3. The number of nitrogens with zero attached hydrogens (tertiary/aromatic N) is 1. The first-order valence-corrected chi connectivity index (χ1v) is 33.7. The summed E-state index contributed by atoms with van der Waals surface area (Å²) in [6.45, 7) is 4.69. The molecule has 0 radical (unpaired) electrons. The molecule has 0 aromatic rings. The molecular weight excluding hydrogens is 924 g/mol. The number of carbonyl (C=O) groups is 1. The lowest BCUT2D eigenvalue weighted by atomic mass is 10.0. The molecule has 0 aliphatic carbocycles. The molecule has 1 amide bonds. The first-order chi connectivity index (χ1) is 35.5. The average molecular weight is 1050 g/mol. The molecule has 0 saturated carbocycles. The molecule has 0 spiro atoms. The van der Waals surface area contributed by atoms with Crippen LogP contribution in [-0.2, 0) is 18.4 Å². The maximum atomic E-state index is 13.0. The van der Waals surface area contributed by atoms with E-state index in [9.17, 15) is 19.4 Å². The van der Waals surface area contributed by atoms with E-state index in [0.717, 1.165) is 38.5 Å². The van der Waals surface area contributed by atoms with Crippen LogP contribution in [0.4, 0.5) is 0 Å². The average Bonchev–Trinajstić information content (AvgIpc) is 3.35. The van der Waals surface area contributed by atoms with Crippen LogP contribution in [0.25, 0.3) is 0 Å². The minimum absolute atomic E-state index is 0.00352. The molecule has 8 nitrogen and oxygen atoms in total. The topological polar surface area (TPSA) is 108 Å². The monoisotopic (exact) mass is 1050 g/mol. The normalized spacial score (nSPS) is 13.9. The van der Waals surface area contributed by atoms with Crippen LogP contribution >= 0.6 is 7.82 Å². The van der Waals surface area contributed by atoms with Crippen molar-refractivity contribution in [3.8, 4) is 0 Å². The highest BCUT2D eigenvalue weighted by atomic mass is 31.2. The van der Waals surface area contributed by atoms with E-state index in [1.54, 1.807) is 6.08 Å². The van der Waals surface area contributed by atoms with Crippen molar-refractivity contribution in [2.24, 2.45) is 0 Å². The zero-order valence-corrected chi connectivity index (χ0v) is 50.5. The molecule has 0 rings (SSSR count). The third kappa shape index (κ3) is 58.5. The van der Waals surface area contributed by atoms with Crippen molar-refractivity contribution in [1.82, 2.24) is 5.32 Å². The van der Waals surface area contributed by atoms with Gasteiger partial charge >= 0.3 is 0 Å². The van der Waals surface area contributed by atoms with Gasteiger partial charge in [-0.3, -0.25) is 9.36 Å². The largest absolute Gasteiger partial charge is 0.756 e. The number of aliphatic hydroxyl groups is 1. The highest BCUT2D eigenvalue weighted by molar-refractivity contribution is 7.45. The first kappa shape index (κ1) is 72.0. The highest BCUT2D eigenvalue weighted by Crippen LogP contribution is 2.38. The quantitative estimate of drug-likeness (QED) is 0.0272. The third-order valence-corrected chi connectivity index (χ3v) is 15.9. The second kappa shape index (κ2) is 55.7. The van der Waals surface area contributed by atoms with Gasteiger partial charge in [-0.25, -0.2) is 0 Å². The van der Waals surface area contributed by atoms with Crippen LogP contribution in [0.15, 0.2) is 24.3 Å². The fraction of sp³-hybridized carbons (Fsp3) is 0.922. The SMILES string of the molecule is CCCCCCCCCCCCCCCCCCCCCCC/C=C/CC/C=C/C(O)C(COP(=O)([O-])OCC[N+](C)(C)C)NC(=O)CCCCCCCCCCCCCCCCCCCCCCCCCC. The maximum Gasteiger partial charge on any atom is 0.268 e. The Morgan fingerprint density at radius 3 is 1.11 bits per heavy atom. The molecule has 0 saturated heterocycles. The molecule has 3 unspecified atom stereocenters. The summed E-state index contributed by atoms with van der Waals surface area (Å²) in [6, 6.07) is -0.901. The molecule has 0 aliphatic rings. The number of hydrogen-bond donors (Lipinski definition) is 2. The second-order valence-electron chi connectivity index (χ2n) is 23.5. The molecule has 434 valence electrons. The lowest BCUT2D eigenvalue weighted by Gasteiger charge is -2.29. The van der Waals surface area contributed by atoms with E-state index in [4.69, 9.17) is 9.05 Å². The summed E-state index contributed by atoms with van der Waals surface area (Å²) in [5, 5.41) is 13.9. The summed E-state index contributed by atoms with van der Waals surface area (Å²) >= 11 is 0. The Morgan fingerprint density at radius 2 is 0.767 bits per heavy atom. The van der Waals surface area contributed by atoms with Gasteiger partial charge in [0.15, 0.2) is 0 Å². The zero-order chi connectivity index (χ0) is 53.5. The molecular formula is C64H127N2O6P. The van der Waals surface area contributed by atoms with E-state index < -0.39 is 20.0 Å². The molecule has 2 N–H and O–H groups in total. The van der Waals surface area contributed by atoms with E-state index in [1.165, 1.54) is 270 Å². The number of hydrogen-bond acceptors (Lipinski definition) is 6. The van der Waals surface area contributed by atoms with E-state index >= 15 is 0 Å². The van der Waals surface area contributed by atoms with Crippen molar-refractivity contribution in [3.05, 3.63) is 24.3 Å². The number of phosphoric acid groups is 1. The van der Waals surface area contributed by atoms with Crippen LogP contribution in [0.5, 0.6) is 0 Å². The van der Waals surface area contributed by atoms with E-state index in [0.29, 0.717) is 17.4 Å². The fourth-order valence-electron chi connectivity index (χ4n) is 9.88. The molecule has 0 bridgehead atoms. The van der Waals surface area contributed by atoms with E-state index in [-0.39, 0.29) is 19.1 Å². The Kier molecular flexibility index (Phi) is 54.9. The first-order valence-electron chi connectivity index (χ1n) is 32.2. The van der Waals surface area contributed by atoms with Crippen molar-refractivity contribution in [2.45, 2.75) is 341 Å². The highest BCUT2D eigenvalue weighted by Gasteiger charge is 2.23. The summed E-state index contributed by atoms with van der Waals surface area (Å²) in [5.41, 5.74) is 0. The standard InChI is InChI=1S/C64H127N2O6P/c1-6-8-10-12-14-16-18-20-22-24-26-28-30-32-33-34-35-37-39-41-43-45-47-49-51-53-55-57-63(67)62(61-72-73(69,70)71-60-59-66(3,4)5)65-64(68)58-56-54-52-50-48-46-44-42-40-38-36-31-29-27-25-23-21-19-17-15-13-11-9-7-2/h47,49,55,57,62-63,67H,6-46,48,50-54,56,58-61H2,1-5H3,(H-,65,68,69,70)/b49-47+,57-55+. The van der Waals surface area contributed by atoms with Crippen molar-refractivity contribution in [3.63, 3.8) is 0 Å². The Morgan fingerprint density at radius 1 is 0.466 bits per heavy atom. The van der Waals surface area contributed by atoms with Crippen LogP contribution in [0, 0.1) is 0 Å². The number of likely N-dealkylation sites (N-methyl/N-ethyl adjacent to an activating group) is 1. The van der Waals surface area contributed by atoms with Gasteiger partial charge in [0.2, 0.25) is 5.91 Å². The van der Waals surface area contributed by atoms with Crippen LogP contribution in [0.1, 0.15) is 328 Å². The van der Waals surface area contributed by atoms with Gasteiger partial charge in [0.1, 0.15) is 13.2 Å². The minimum Gasteiger partial charge on any atom is -0.756 e. The molecule has 0 aliphatic heterocycles. The van der Waals surface area contributed by atoms with Crippen LogP contribution < -0.4 is 10.2 Å². The Labute approximate surface area is 455 Å². The Balaban J connectivity index is 4.14. The maximum absolute atomic E-state index is 13.0. The number of rotatable bonds is 60. The third-order valence-electron chi connectivity index (χ3n) is 14.9. The predicted molar refractivity (Wildman–Crippen MR) is 316 cm³/mol. The van der Waals surface area contributed by atoms with Gasteiger partial charge in [-0.2, -0.15) is 0 Å². The molecule has 9 heteroatoms.